The van der Waals surface area contributed by atoms with Crippen LogP contribution in [-0.4, -0.2) is 16.7 Å². The van der Waals surface area contributed by atoms with Gasteiger partial charge in [0.1, 0.15) is 0 Å². The summed E-state index contributed by atoms with van der Waals surface area (Å²) in [6.45, 7) is 2.04. The van der Waals surface area contributed by atoms with Crippen molar-refractivity contribution >= 4 is 22.9 Å². The van der Waals surface area contributed by atoms with Gasteiger partial charge in [0.15, 0.2) is 0 Å². The van der Waals surface area contributed by atoms with Crippen LogP contribution in [0.25, 0.3) is 16.5 Å². The summed E-state index contributed by atoms with van der Waals surface area (Å²) in [6, 6.07) is 25.7. The Balaban J connectivity index is 1.48. The number of aromatic nitrogens is 1. The lowest BCUT2D eigenvalue weighted by Crippen LogP contribution is -2.17. The average Bonchev–Trinajstić information content (AvgIpc) is 3.08. The topological polar surface area (TPSA) is 46.4 Å². The number of hydrogen-bond acceptors (Lipinski definition) is 2. The van der Waals surface area contributed by atoms with Crippen molar-refractivity contribution in [1.82, 2.24) is 9.99 Å². The van der Waals surface area contributed by atoms with Crippen LogP contribution >= 0.6 is 0 Å². The Morgan fingerprint density at radius 1 is 0.926 bits per heavy atom. The first-order valence-corrected chi connectivity index (χ1v) is 8.77. The monoisotopic (exact) mass is 353 g/mol. The molecule has 0 aliphatic carbocycles. The molecule has 0 saturated heterocycles. The second kappa shape index (κ2) is 7.30. The molecule has 0 radical (unpaired) electrons. The lowest BCUT2D eigenvalue weighted by molar-refractivity contribution is 0.0955. The highest BCUT2D eigenvalue weighted by molar-refractivity contribution is 5.98. The number of para-hydroxylation sites is 1. The number of hydrogen-bond donors (Lipinski definition) is 1. The van der Waals surface area contributed by atoms with Crippen LogP contribution in [0.5, 0.6) is 0 Å². The number of fused-ring (bicyclic) bond motifs is 1. The molecule has 4 nitrogen and oxygen atoms in total. The first-order valence-electron chi connectivity index (χ1n) is 8.77. The number of nitrogens with zero attached hydrogens (tertiary/aromatic N) is 2. The van der Waals surface area contributed by atoms with Crippen LogP contribution in [0.2, 0.25) is 0 Å². The predicted molar refractivity (Wildman–Crippen MR) is 110 cm³/mol. The van der Waals surface area contributed by atoms with Crippen molar-refractivity contribution in [3.8, 4) is 5.69 Å². The maximum Gasteiger partial charge on any atom is 0.271 e. The third-order valence-corrected chi connectivity index (χ3v) is 4.46. The van der Waals surface area contributed by atoms with Crippen molar-refractivity contribution < 1.29 is 4.79 Å². The largest absolute Gasteiger partial charge is 0.321 e. The first-order chi connectivity index (χ1) is 13.2. The number of amides is 1. The predicted octanol–water partition coefficient (Wildman–Crippen LogP) is 4.70. The van der Waals surface area contributed by atoms with Crippen LogP contribution in [0, 0.1) is 6.92 Å². The molecule has 4 heteroatoms. The summed E-state index contributed by atoms with van der Waals surface area (Å²) in [6.07, 6.45) is 3.65. The van der Waals surface area contributed by atoms with E-state index in [9.17, 15) is 4.79 Å². The number of carbonyl (C=O) groups excluding carboxylic acids is 1. The van der Waals surface area contributed by atoms with Crippen LogP contribution in [0.3, 0.4) is 0 Å². The molecule has 0 aliphatic heterocycles. The van der Waals surface area contributed by atoms with Gasteiger partial charge in [0.2, 0.25) is 0 Å². The zero-order valence-corrected chi connectivity index (χ0v) is 15.0. The number of aryl methyl sites for hydroxylation is 1. The van der Waals surface area contributed by atoms with E-state index in [4.69, 9.17) is 0 Å². The van der Waals surface area contributed by atoms with Gasteiger partial charge in [0.25, 0.3) is 5.91 Å². The van der Waals surface area contributed by atoms with Gasteiger partial charge in [-0.3, -0.25) is 4.79 Å². The Morgan fingerprint density at radius 3 is 2.48 bits per heavy atom. The van der Waals surface area contributed by atoms with E-state index in [1.54, 1.807) is 6.21 Å². The zero-order chi connectivity index (χ0) is 18.6. The van der Waals surface area contributed by atoms with Gasteiger partial charge in [0.05, 0.1) is 6.21 Å². The standard InChI is InChI=1S/C23H19N3O/c1-17-13-18(16-26(17)22-9-3-2-4-10-22)15-24-25-23(27)21-12-11-19-7-5-6-8-20(19)14-21/h2-16H,1H3,(H,25,27)/b24-15-. The third-order valence-electron chi connectivity index (χ3n) is 4.46. The Hall–Kier alpha value is -3.66. The van der Waals surface area contributed by atoms with Crippen LogP contribution in [0.4, 0.5) is 0 Å². The highest BCUT2D eigenvalue weighted by Gasteiger charge is 2.06. The van der Waals surface area contributed by atoms with E-state index in [0.717, 1.165) is 27.7 Å². The maximum absolute atomic E-state index is 12.3. The molecule has 4 aromatic rings. The van der Waals surface area contributed by atoms with E-state index < -0.39 is 0 Å². The van der Waals surface area contributed by atoms with Gasteiger partial charge in [-0.1, -0.05) is 48.5 Å². The molecule has 0 atom stereocenters. The number of carbonyl (C=O) groups is 1. The second-order valence-corrected chi connectivity index (χ2v) is 6.38. The number of rotatable bonds is 4. The van der Waals surface area contributed by atoms with Crippen LogP contribution in [0.15, 0.2) is 90.2 Å². The summed E-state index contributed by atoms with van der Waals surface area (Å²) in [7, 11) is 0. The van der Waals surface area contributed by atoms with Crippen molar-refractivity contribution in [3.05, 3.63) is 102 Å². The number of nitrogens with one attached hydrogen (secondary N) is 1. The number of hydrazone groups is 1. The molecule has 3 aromatic carbocycles. The van der Waals surface area contributed by atoms with Crippen molar-refractivity contribution in [2.75, 3.05) is 0 Å². The van der Waals surface area contributed by atoms with Crippen LogP contribution in [0.1, 0.15) is 21.6 Å². The Labute approximate surface area is 157 Å². The quantitative estimate of drug-likeness (QED) is 0.419. The normalized spacial score (nSPS) is 11.1. The molecule has 0 fully saturated rings. The first kappa shape index (κ1) is 16.8. The van der Waals surface area contributed by atoms with Crippen LogP contribution < -0.4 is 5.43 Å². The van der Waals surface area contributed by atoms with Crippen molar-refractivity contribution in [1.29, 1.82) is 0 Å². The lowest BCUT2D eigenvalue weighted by Gasteiger charge is -2.04. The maximum atomic E-state index is 12.3. The lowest BCUT2D eigenvalue weighted by atomic mass is 10.1. The molecule has 0 saturated carbocycles. The smallest absolute Gasteiger partial charge is 0.271 e. The van der Waals surface area contributed by atoms with Gasteiger partial charge in [-0.25, -0.2) is 5.43 Å². The molecule has 1 amide bonds. The molecule has 0 spiro atoms. The van der Waals surface area contributed by atoms with Gasteiger partial charge in [-0.05, 0) is 48.0 Å². The molecule has 27 heavy (non-hydrogen) atoms. The summed E-state index contributed by atoms with van der Waals surface area (Å²) in [5, 5.41) is 6.25. The molecule has 1 heterocycles. The van der Waals surface area contributed by atoms with E-state index in [1.165, 1.54) is 0 Å². The molecule has 0 bridgehead atoms. The van der Waals surface area contributed by atoms with Crippen molar-refractivity contribution in [2.24, 2.45) is 5.10 Å². The van der Waals surface area contributed by atoms with E-state index in [1.807, 2.05) is 79.9 Å². The van der Waals surface area contributed by atoms with Gasteiger partial charge in [-0.15, -0.1) is 0 Å². The van der Waals surface area contributed by atoms with Gasteiger partial charge in [0, 0.05) is 28.7 Å². The fraction of sp³-hybridized carbons (Fsp3) is 0.0435. The summed E-state index contributed by atoms with van der Waals surface area (Å²) in [5.74, 6) is -0.226. The molecular formula is C23H19N3O. The van der Waals surface area contributed by atoms with Crippen molar-refractivity contribution in [2.45, 2.75) is 6.92 Å². The molecule has 1 aromatic heterocycles. The highest BCUT2D eigenvalue weighted by Crippen LogP contribution is 2.16. The highest BCUT2D eigenvalue weighted by atomic mass is 16.2. The SMILES string of the molecule is Cc1cc(/C=N\NC(=O)c2ccc3ccccc3c2)cn1-c1ccccc1. The Kier molecular flexibility index (Phi) is 4.54. The molecule has 0 aliphatic rings. The summed E-state index contributed by atoms with van der Waals surface area (Å²) in [4.78, 5) is 12.3. The third kappa shape index (κ3) is 3.65. The minimum Gasteiger partial charge on any atom is -0.321 e. The van der Waals surface area contributed by atoms with E-state index in [0.29, 0.717) is 5.56 Å². The molecular weight excluding hydrogens is 334 g/mol. The zero-order valence-electron chi connectivity index (χ0n) is 15.0. The second-order valence-electron chi connectivity index (χ2n) is 6.38. The van der Waals surface area contributed by atoms with Gasteiger partial charge >= 0.3 is 0 Å². The Morgan fingerprint density at radius 2 is 1.67 bits per heavy atom. The fourth-order valence-corrected chi connectivity index (χ4v) is 3.10. The fourth-order valence-electron chi connectivity index (χ4n) is 3.10. The summed E-state index contributed by atoms with van der Waals surface area (Å²) >= 11 is 0. The molecule has 132 valence electrons. The molecule has 0 unspecified atom stereocenters. The Bertz CT molecular complexity index is 1130. The molecule has 4 rings (SSSR count). The van der Waals surface area contributed by atoms with Crippen molar-refractivity contribution in [3.63, 3.8) is 0 Å². The van der Waals surface area contributed by atoms with E-state index in [-0.39, 0.29) is 5.91 Å². The van der Waals surface area contributed by atoms with Crippen LogP contribution in [-0.2, 0) is 0 Å². The van der Waals surface area contributed by atoms with E-state index in [2.05, 4.69) is 27.2 Å². The molecule has 1 N–H and O–H groups in total. The summed E-state index contributed by atoms with van der Waals surface area (Å²) < 4.78 is 2.09. The number of benzene rings is 3. The van der Waals surface area contributed by atoms with Gasteiger partial charge < -0.3 is 4.57 Å². The van der Waals surface area contributed by atoms with Gasteiger partial charge in [-0.2, -0.15) is 5.10 Å². The average molecular weight is 353 g/mol. The minimum absolute atomic E-state index is 0.226. The van der Waals surface area contributed by atoms with E-state index >= 15 is 0 Å². The minimum atomic E-state index is -0.226. The summed E-state index contributed by atoms with van der Waals surface area (Å²) in [5.41, 5.74) is 6.31.